The minimum atomic E-state index is -0.785. The molecule has 2 aromatic carbocycles. The van der Waals surface area contributed by atoms with E-state index in [-0.39, 0.29) is 31.5 Å². The van der Waals surface area contributed by atoms with Crippen molar-refractivity contribution < 1.29 is 9.59 Å². The van der Waals surface area contributed by atoms with Gasteiger partial charge in [0, 0.05) is 0 Å². The summed E-state index contributed by atoms with van der Waals surface area (Å²) in [5.41, 5.74) is 6.40. The molecule has 3 nitrogen and oxygen atoms in total. The number of fused-ring (bicyclic) bond motifs is 3. The molecule has 0 fully saturated rings. The Labute approximate surface area is 202 Å². The Morgan fingerprint density at radius 2 is 1.53 bits per heavy atom. The summed E-state index contributed by atoms with van der Waals surface area (Å²) in [5.74, 6) is -0.192. The number of hydrogen-bond acceptors (Lipinski definition) is 3. The summed E-state index contributed by atoms with van der Waals surface area (Å²) in [6.45, 7) is 4.55. The average molecular weight is 596 g/mol. The van der Waals surface area contributed by atoms with Gasteiger partial charge >= 0.3 is 203 Å². The number of para-hydroxylation sites is 2. The number of rotatable bonds is 2. The normalized spacial score (nSPS) is 16.1. The number of benzene rings is 2. The average Bonchev–Trinajstić information content (AvgIpc) is 3.50. The fourth-order valence-corrected chi connectivity index (χ4v) is 10.1. The Morgan fingerprint density at radius 3 is 2.25 bits per heavy atom. The molecule has 32 heavy (non-hydrogen) atoms. The summed E-state index contributed by atoms with van der Waals surface area (Å²) in [6.07, 6.45) is 1.89. The number of anilines is 3. The van der Waals surface area contributed by atoms with Crippen LogP contribution in [-0.4, -0.2) is 46.5 Å². The van der Waals surface area contributed by atoms with Crippen molar-refractivity contribution in [2.45, 2.75) is 19.3 Å². The second-order valence-electron chi connectivity index (χ2n) is 8.60. The van der Waals surface area contributed by atoms with Gasteiger partial charge in [0.25, 0.3) is 0 Å². The van der Waals surface area contributed by atoms with Crippen molar-refractivity contribution in [2.75, 3.05) is 4.90 Å². The van der Waals surface area contributed by atoms with E-state index < -0.39 is 20.4 Å². The topological polar surface area (TPSA) is 37.4 Å². The first kappa shape index (κ1) is 20.2. The molecule has 0 N–H and O–H groups in total. The number of hydrogen-bond donors (Lipinski definition) is 0. The fourth-order valence-electron chi connectivity index (χ4n) is 4.69. The van der Waals surface area contributed by atoms with Crippen LogP contribution in [0.3, 0.4) is 0 Å². The molecule has 156 valence electrons. The summed E-state index contributed by atoms with van der Waals surface area (Å²) in [5, 5.41) is 0. The Hall–Kier alpha value is -2.41. The molecule has 6 rings (SSSR count). The van der Waals surface area contributed by atoms with Gasteiger partial charge in [-0.25, -0.2) is 0 Å². The van der Waals surface area contributed by atoms with E-state index in [0.717, 1.165) is 9.27 Å². The predicted octanol–water partition coefficient (Wildman–Crippen LogP) is 5.37. The molecule has 2 aromatic heterocycles. The Bertz CT molecular complexity index is 1410. The van der Waals surface area contributed by atoms with Gasteiger partial charge in [0.2, 0.25) is 0 Å². The van der Waals surface area contributed by atoms with Gasteiger partial charge in [-0.05, 0) is 0 Å². The van der Waals surface area contributed by atoms with Crippen molar-refractivity contribution >= 4 is 67.7 Å². The Balaban J connectivity index is 1.54. The molecule has 2 aliphatic rings. The zero-order valence-corrected chi connectivity index (χ0v) is 21.6. The molecule has 4 aromatic rings. The zero-order valence-electron chi connectivity index (χ0n) is 17.6. The van der Waals surface area contributed by atoms with Crippen LogP contribution < -0.4 is 4.90 Å². The van der Waals surface area contributed by atoms with Gasteiger partial charge in [0.05, 0.1) is 0 Å². The van der Waals surface area contributed by atoms with Gasteiger partial charge in [0.1, 0.15) is 0 Å². The third-order valence-corrected chi connectivity index (χ3v) is 11.0. The quantitative estimate of drug-likeness (QED) is 0.178. The third-order valence-electron chi connectivity index (χ3n) is 6.37. The third kappa shape index (κ3) is 2.86. The summed E-state index contributed by atoms with van der Waals surface area (Å²) < 4.78 is 2.49. The van der Waals surface area contributed by atoms with Crippen LogP contribution in [0.5, 0.6) is 0 Å². The van der Waals surface area contributed by atoms with Crippen LogP contribution in [0, 0.1) is 0 Å². The monoisotopic (exact) mass is 599 g/mol. The van der Waals surface area contributed by atoms with E-state index in [2.05, 4.69) is 73.3 Å². The van der Waals surface area contributed by atoms with E-state index in [4.69, 9.17) is 0 Å². The molecule has 0 unspecified atom stereocenters. The van der Waals surface area contributed by atoms with Crippen LogP contribution in [-0.2, 0) is 5.41 Å². The van der Waals surface area contributed by atoms with E-state index in [1.807, 2.05) is 22.0 Å². The molecule has 0 atom stereocenters. The maximum absolute atomic E-state index is 12.9. The first-order valence-corrected chi connectivity index (χ1v) is 14.7. The summed E-state index contributed by atoms with van der Waals surface area (Å²) in [6, 6.07) is 21.3. The number of ketones is 2. The zero-order chi connectivity index (χ0) is 22.0. The second kappa shape index (κ2) is 7.30. The summed E-state index contributed by atoms with van der Waals surface area (Å²) in [7, 11) is 0. The van der Waals surface area contributed by atoms with Crippen molar-refractivity contribution in [1.29, 1.82) is 0 Å². The molecular weight excluding hydrogens is 577 g/mol. The van der Waals surface area contributed by atoms with Crippen molar-refractivity contribution in [1.82, 2.24) is 0 Å². The first-order valence-electron chi connectivity index (χ1n) is 10.4. The van der Waals surface area contributed by atoms with Crippen LogP contribution in [0.25, 0.3) is 6.08 Å². The molecular formula is C27H19NO2SeTe. The fraction of sp³-hybridized carbons (Fsp3) is 0.111. The molecule has 0 spiro atoms. The van der Waals surface area contributed by atoms with Crippen LogP contribution in [0.1, 0.15) is 49.3 Å². The Kier molecular flexibility index (Phi) is 4.61. The predicted molar refractivity (Wildman–Crippen MR) is 130 cm³/mol. The van der Waals surface area contributed by atoms with Gasteiger partial charge < -0.3 is 0 Å². The van der Waals surface area contributed by atoms with Gasteiger partial charge in [-0.15, -0.1) is 0 Å². The molecule has 0 radical (unpaired) electrons. The van der Waals surface area contributed by atoms with E-state index >= 15 is 0 Å². The van der Waals surface area contributed by atoms with Crippen molar-refractivity contribution in [3.8, 4) is 0 Å². The molecule has 1 aliphatic heterocycles. The number of Topliss-reactive ketones (excluding diaryl/α,β-unsaturated/α-hetero) is 2. The number of carbonyl (C=O) groups excluding carboxylic acids is 2. The molecule has 0 saturated heterocycles. The molecule has 0 bridgehead atoms. The van der Waals surface area contributed by atoms with Crippen LogP contribution in [0.15, 0.2) is 76.1 Å². The summed E-state index contributed by atoms with van der Waals surface area (Å²) in [4.78, 5) is 32.0. The van der Waals surface area contributed by atoms with E-state index in [9.17, 15) is 9.59 Å². The first-order chi connectivity index (χ1) is 15.5. The Morgan fingerprint density at radius 1 is 0.875 bits per heavy atom. The molecule has 5 heteroatoms. The summed E-state index contributed by atoms with van der Waals surface area (Å²) >= 11 is -0.651. The number of carbonyl (C=O) groups is 2. The van der Waals surface area contributed by atoms with Crippen molar-refractivity contribution in [2.24, 2.45) is 0 Å². The number of allylic oxidation sites excluding steroid dienone is 1. The maximum atomic E-state index is 12.9. The van der Waals surface area contributed by atoms with E-state index in [1.54, 1.807) is 0 Å². The molecule has 0 amide bonds. The van der Waals surface area contributed by atoms with Gasteiger partial charge in [-0.2, -0.15) is 0 Å². The van der Waals surface area contributed by atoms with Gasteiger partial charge in [0.15, 0.2) is 0 Å². The van der Waals surface area contributed by atoms with Gasteiger partial charge in [-0.3, -0.25) is 0 Å². The van der Waals surface area contributed by atoms with E-state index in [0.29, 0.717) is 16.7 Å². The second-order valence-corrected chi connectivity index (χ2v) is 13.2. The van der Waals surface area contributed by atoms with Crippen LogP contribution in [0.2, 0.25) is 0 Å². The van der Waals surface area contributed by atoms with Crippen molar-refractivity contribution in [3.05, 3.63) is 102 Å². The minimum absolute atomic E-state index is 0.0960. The number of nitrogens with zero attached hydrogens (tertiary/aromatic N) is 1. The van der Waals surface area contributed by atoms with Crippen molar-refractivity contribution in [3.63, 3.8) is 0 Å². The van der Waals surface area contributed by atoms with Crippen LogP contribution in [0.4, 0.5) is 15.1 Å². The SMILES string of the molecule is CC1(C)c2ccccc2N(c2ccccc2)c2[te]c(C=C3C(=O)c4c[se]cc4C3=O)cc21. The standard InChI is InChI=1S/C27H19NO2SeTe/c1-27(2)21-10-6-7-11-23(21)28(16-8-4-3-5-9-16)26-22(27)13-17(32-26)12-18-24(29)19-14-31-15-20(19)25(18)30/h3-15H,1-2H3. The van der Waals surface area contributed by atoms with E-state index in [1.165, 1.54) is 20.5 Å². The van der Waals surface area contributed by atoms with Crippen LogP contribution >= 0.6 is 0 Å². The molecule has 1 aliphatic carbocycles. The van der Waals surface area contributed by atoms with Gasteiger partial charge in [-0.1, -0.05) is 0 Å². The molecule has 3 heterocycles. The molecule has 0 saturated carbocycles.